The Labute approximate surface area is 383 Å². The fourth-order valence-electron chi connectivity index (χ4n) is 9.07. The number of H-pyrrole nitrogens is 1. The minimum absolute atomic E-state index is 0.181. The normalized spacial score (nSPS) is 17.7. The lowest BCUT2D eigenvalue weighted by Crippen LogP contribution is -2.48. The molecule has 1 aromatic heterocycles. The highest BCUT2D eigenvalue weighted by Gasteiger charge is 2.55. The average molecular weight is 897 g/mol. The standard InChI is InChI=1S/C55H48N2O8S/c1-66(60,61)65-50-49(64-55(45-31-17-6-18-32-45,46-33-19-7-20-34-46)47-35-21-8-22-36-47)48(63-52(50)57-38-41(51(58)56-53(57)59)37-40-23-9-2-10-24-40)39-62-54(42-25-11-3-12-26-42,43-27-13-4-14-28-43)44-29-15-5-16-30-44/h2-36,38,48-50,52H,37,39H2,1H3,(H,56,58,59)/t48-,49-,50-,52-/m1/s1. The zero-order chi connectivity index (χ0) is 45.6. The van der Waals surface area contributed by atoms with Crippen LogP contribution >= 0.6 is 0 Å². The Balaban J connectivity index is 1.26. The van der Waals surface area contributed by atoms with E-state index in [4.69, 9.17) is 18.4 Å². The number of nitrogens with one attached hydrogen (secondary N) is 1. The summed E-state index contributed by atoms with van der Waals surface area (Å²) in [5.74, 6) is 0. The highest BCUT2D eigenvalue weighted by molar-refractivity contribution is 7.86. The van der Waals surface area contributed by atoms with Crippen molar-refractivity contribution in [3.8, 4) is 0 Å². The van der Waals surface area contributed by atoms with Crippen LogP contribution in [-0.4, -0.2) is 49.1 Å². The van der Waals surface area contributed by atoms with Crippen LogP contribution in [0.1, 0.15) is 50.7 Å². The average Bonchev–Trinajstić information content (AvgIpc) is 3.67. The number of nitrogens with zero attached hydrogens (tertiary/aromatic N) is 1. The largest absolute Gasteiger partial charge is 0.358 e. The van der Waals surface area contributed by atoms with Crippen LogP contribution in [0.15, 0.2) is 228 Å². The summed E-state index contributed by atoms with van der Waals surface area (Å²) >= 11 is 0. The summed E-state index contributed by atoms with van der Waals surface area (Å²) in [6.45, 7) is -0.201. The van der Waals surface area contributed by atoms with E-state index in [1.165, 1.54) is 10.8 Å². The Bertz CT molecular complexity index is 2870. The van der Waals surface area contributed by atoms with E-state index in [-0.39, 0.29) is 18.6 Å². The van der Waals surface area contributed by atoms with Crippen molar-refractivity contribution in [3.05, 3.63) is 284 Å². The number of ether oxygens (including phenoxy) is 3. The van der Waals surface area contributed by atoms with Crippen molar-refractivity contribution in [3.63, 3.8) is 0 Å². The molecule has 0 amide bonds. The second-order valence-corrected chi connectivity index (χ2v) is 17.9. The fourth-order valence-corrected chi connectivity index (χ4v) is 9.68. The Morgan fingerprint density at radius 3 is 1.32 bits per heavy atom. The Kier molecular flexibility index (Phi) is 12.9. The number of hydrogen-bond acceptors (Lipinski definition) is 8. The third-order valence-electron chi connectivity index (χ3n) is 12.0. The molecule has 1 aliphatic rings. The molecular weight excluding hydrogens is 849 g/mol. The van der Waals surface area contributed by atoms with Crippen LogP contribution < -0.4 is 11.2 Å². The molecule has 2 heterocycles. The first-order chi connectivity index (χ1) is 32.2. The molecule has 7 aromatic carbocycles. The third-order valence-corrected chi connectivity index (χ3v) is 12.6. The monoisotopic (exact) mass is 896 g/mol. The van der Waals surface area contributed by atoms with Crippen molar-refractivity contribution in [1.29, 1.82) is 0 Å². The quantitative estimate of drug-likeness (QED) is 0.0755. The molecule has 10 nitrogen and oxygen atoms in total. The predicted octanol–water partition coefficient (Wildman–Crippen LogP) is 8.76. The van der Waals surface area contributed by atoms with Gasteiger partial charge < -0.3 is 14.2 Å². The molecule has 8 aromatic rings. The van der Waals surface area contributed by atoms with Crippen LogP contribution in [0.5, 0.6) is 0 Å². The third kappa shape index (κ3) is 8.99. The minimum Gasteiger partial charge on any atom is -0.358 e. The molecule has 0 aliphatic carbocycles. The minimum atomic E-state index is -4.29. The van der Waals surface area contributed by atoms with Crippen LogP contribution in [0, 0.1) is 0 Å². The zero-order valence-corrected chi connectivity index (χ0v) is 36.9. The van der Waals surface area contributed by atoms with Gasteiger partial charge in [-0.05, 0) is 38.9 Å². The van der Waals surface area contributed by atoms with Crippen LogP contribution in [0.3, 0.4) is 0 Å². The second kappa shape index (κ2) is 19.2. The van der Waals surface area contributed by atoms with Gasteiger partial charge >= 0.3 is 5.69 Å². The summed E-state index contributed by atoms with van der Waals surface area (Å²) in [4.78, 5) is 30.0. The van der Waals surface area contributed by atoms with Crippen LogP contribution in [-0.2, 0) is 46.1 Å². The molecule has 11 heteroatoms. The van der Waals surface area contributed by atoms with Crippen molar-refractivity contribution in [1.82, 2.24) is 9.55 Å². The van der Waals surface area contributed by atoms with Gasteiger partial charge in [0.05, 0.1) is 12.9 Å². The van der Waals surface area contributed by atoms with Crippen LogP contribution in [0.2, 0.25) is 0 Å². The second-order valence-electron chi connectivity index (χ2n) is 16.3. The van der Waals surface area contributed by atoms with E-state index >= 15 is 0 Å². The Morgan fingerprint density at radius 2 is 0.924 bits per heavy atom. The van der Waals surface area contributed by atoms with E-state index in [2.05, 4.69) is 4.98 Å². The van der Waals surface area contributed by atoms with E-state index in [1.807, 2.05) is 212 Å². The molecule has 1 saturated heterocycles. The smallest absolute Gasteiger partial charge is 0.330 e. The van der Waals surface area contributed by atoms with Gasteiger partial charge in [-0.3, -0.25) is 18.5 Å². The van der Waals surface area contributed by atoms with Gasteiger partial charge in [0, 0.05) is 18.2 Å². The van der Waals surface area contributed by atoms with Gasteiger partial charge in [-0.1, -0.05) is 212 Å². The van der Waals surface area contributed by atoms with Crippen molar-refractivity contribution in [2.24, 2.45) is 0 Å². The molecule has 1 aliphatic heterocycles. The van der Waals surface area contributed by atoms with E-state index < -0.39 is 57.1 Å². The van der Waals surface area contributed by atoms with Crippen molar-refractivity contribution >= 4 is 10.1 Å². The SMILES string of the molecule is CS(=O)(=O)O[C@@H]1[C@H](OC(c2ccccc2)(c2ccccc2)c2ccccc2)[C@@H](COC(c2ccccc2)(c2ccccc2)c2ccccc2)O[C@H]1n1cc(Cc2ccccc2)c(=O)[nH]c1=O. The Morgan fingerprint density at radius 1 is 0.545 bits per heavy atom. The lowest BCUT2D eigenvalue weighted by Gasteiger charge is -2.41. The molecule has 66 heavy (non-hydrogen) atoms. The van der Waals surface area contributed by atoms with Gasteiger partial charge in [-0.2, -0.15) is 8.42 Å². The molecule has 332 valence electrons. The van der Waals surface area contributed by atoms with E-state index in [1.54, 1.807) is 0 Å². The zero-order valence-electron chi connectivity index (χ0n) is 36.1. The molecule has 9 rings (SSSR count). The topological polar surface area (TPSA) is 126 Å². The maximum Gasteiger partial charge on any atom is 0.330 e. The summed E-state index contributed by atoms with van der Waals surface area (Å²) in [5, 5.41) is 0. The van der Waals surface area contributed by atoms with Crippen LogP contribution in [0.25, 0.3) is 0 Å². The summed E-state index contributed by atoms with van der Waals surface area (Å²) in [5.41, 5.74) is 1.74. The molecule has 4 atom stereocenters. The Hall–Kier alpha value is -6.99. The summed E-state index contributed by atoms with van der Waals surface area (Å²) in [6.07, 6.45) is -2.80. The highest BCUT2D eigenvalue weighted by atomic mass is 32.2. The molecule has 0 radical (unpaired) electrons. The summed E-state index contributed by atoms with van der Waals surface area (Å²) < 4.78 is 56.6. The summed E-state index contributed by atoms with van der Waals surface area (Å²) in [6, 6.07) is 67.9. The first-order valence-electron chi connectivity index (χ1n) is 21.7. The molecule has 1 fully saturated rings. The maximum atomic E-state index is 14.1. The predicted molar refractivity (Wildman–Crippen MR) is 253 cm³/mol. The first kappa shape index (κ1) is 44.2. The first-order valence-corrected chi connectivity index (χ1v) is 23.5. The van der Waals surface area contributed by atoms with Gasteiger partial charge in [-0.25, -0.2) is 4.79 Å². The highest BCUT2D eigenvalue weighted by Crippen LogP contribution is 2.47. The number of hydrogen-bond donors (Lipinski definition) is 1. The fraction of sp³-hybridized carbons (Fsp3) is 0.164. The van der Waals surface area contributed by atoms with Gasteiger partial charge in [-0.15, -0.1) is 0 Å². The van der Waals surface area contributed by atoms with E-state index in [0.29, 0.717) is 0 Å². The van der Waals surface area contributed by atoms with Crippen molar-refractivity contribution in [2.45, 2.75) is 42.2 Å². The lowest BCUT2D eigenvalue weighted by molar-refractivity contribution is -0.130. The lowest BCUT2D eigenvalue weighted by atomic mass is 9.79. The van der Waals surface area contributed by atoms with Crippen LogP contribution in [0.4, 0.5) is 0 Å². The van der Waals surface area contributed by atoms with Gasteiger partial charge in [0.2, 0.25) is 0 Å². The summed E-state index contributed by atoms with van der Waals surface area (Å²) in [7, 11) is -4.29. The van der Waals surface area contributed by atoms with E-state index in [9.17, 15) is 18.0 Å². The molecule has 0 unspecified atom stereocenters. The van der Waals surface area contributed by atoms with Crippen molar-refractivity contribution < 1.29 is 26.8 Å². The number of rotatable bonds is 16. The molecular formula is C55H48N2O8S. The number of aromatic amines is 1. The van der Waals surface area contributed by atoms with Crippen molar-refractivity contribution in [2.75, 3.05) is 12.9 Å². The molecule has 0 bridgehead atoms. The molecule has 0 spiro atoms. The van der Waals surface area contributed by atoms with Gasteiger partial charge in [0.15, 0.2) is 12.3 Å². The molecule has 1 N–H and O–H groups in total. The van der Waals surface area contributed by atoms with E-state index in [0.717, 1.165) is 45.2 Å². The van der Waals surface area contributed by atoms with Gasteiger partial charge in [0.1, 0.15) is 23.4 Å². The molecule has 0 saturated carbocycles. The number of aromatic nitrogens is 2. The maximum absolute atomic E-state index is 14.1. The number of benzene rings is 7. The van der Waals surface area contributed by atoms with Gasteiger partial charge in [0.25, 0.3) is 15.7 Å².